The number of nitrogens with one attached hydrogen (secondary N) is 1. The zero-order valence-corrected chi connectivity index (χ0v) is 22.1. The van der Waals surface area contributed by atoms with Gasteiger partial charge in [-0.3, -0.25) is 9.59 Å². The van der Waals surface area contributed by atoms with Crippen LogP contribution >= 0.6 is 0 Å². The average molecular weight is 525 g/mol. The number of fused-ring (bicyclic) bond motifs is 1. The summed E-state index contributed by atoms with van der Waals surface area (Å²) < 4.78 is 0. The monoisotopic (exact) mass is 524 g/mol. The fourth-order valence-corrected chi connectivity index (χ4v) is 6.77. The maximum atomic E-state index is 13.1. The van der Waals surface area contributed by atoms with Crippen LogP contribution in [0.1, 0.15) is 56.1 Å². The lowest BCUT2D eigenvalue weighted by Gasteiger charge is -2.47. The minimum absolute atomic E-state index is 0.110. The third-order valence-electron chi connectivity index (χ3n) is 9.07. The van der Waals surface area contributed by atoms with Gasteiger partial charge in [-0.05, 0) is 87.4 Å². The molecule has 0 spiro atoms. The van der Waals surface area contributed by atoms with Crippen molar-refractivity contribution in [3.05, 3.63) is 35.4 Å². The molecule has 4 amide bonds. The summed E-state index contributed by atoms with van der Waals surface area (Å²) in [6.07, 6.45) is 8.19. The van der Waals surface area contributed by atoms with E-state index < -0.39 is 24.0 Å². The lowest BCUT2D eigenvalue weighted by Crippen LogP contribution is -2.69. The summed E-state index contributed by atoms with van der Waals surface area (Å²) in [7, 11) is 0. The summed E-state index contributed by atoms with van der Waals surface area (Å²) in [5, 5.41) is 13.1. The molecule has 3 atom stereocenters. The van der Waals surface area contributed by atoms with Crippen LogP contribution in [0.5, 0.6) is 0 Å². The molecule has 3 fully saturated rings. The van der Waals surface area contributed by atoms with E-state index in [1.54, 1.807) is 4.90 Å². The minimum atomic E-state index is -1.12. The van der Waals surface area contributed by atoms with Gasteiger partial charge in [0, 0.05) is 32.6 Å². The molecule has 5 rings (SSSR count). The molecule has 0 bridgehead atoms. The molecule has 0 radical (unpaired) electrons. The predicted octanol–water partition coefficient (Wildman–Crippen LogP) is 2.53. The molecule has 3 saturated heterocycles. The summed E-state index contributed by atoms with van der Waals surface area (Å²) in [5.74, 6) is -1.06. The van der Waals surface area contributed by atoms with Crippen molar-refractivity contribution in [3.63, 3.8) is 0 Å². The molecule has 38 heavy (non-hydrogen) atoms. The van der Waals surface area contributed by atoms with Crippen LogP contribution in [-0.4, -0.2) is 88.9 Å². The van der Waals surface area contributed by atoms with Crippen molar-refractivity contribution >= 4 is 23.8 Å². The molecule has 3 aliphatic heterocycles. The first-order valence-corrected chi connectivity index (χ1v) is 14.3. The Labute approximate surface area is 224 Å². The molecule has 206 valence electrons. The van der Waals surface area contributed by atoms with Crippen molar-refractivity contribution < 1.29 is 24.3 Å². The number of amides is 4. The Morgan fingerprint density at radius 1 is 0.921 bits per heavy atom. The Hall–Kier alpha value is -2.94. The number of carbonyl (C=O) groups excluding carboxylic acids is 3. The molecule has 4 aliphatic rings. The third-order valence-corrected chi connectivity index (χ3v) is 9.07. The van der Waals surface area contributed by atoms with Gasteiger partial charge in [0.05, 0.1) is 5.92 Å². The van der Waals surface area contributed by atoms with Crippen molar-refractivity contribution in [2.45, 2.75) is 63.8 Å². The number of carboxylic acids is 1. The van der Waals surface area contributed by atoms with Crippen LogP contribution in [-0.2, 0) is 27.2 Å². The molecule has 0 saturated carbocycles. The Morgan fingerprint density at radius 3 is 2.32 bits per heavy atom. The standard InChI is InChI=1S/C29H40N4O5/c34-25(7-3-4-20-8-9-22-5-1-2-6-23(22)18-20)31-14-16-32(17-15-31)29(38)33-26(28(36)37)24(27(33)35)19-21-10-12-30-13-11-21/h1-2,5-6,20-21,24,26,30H,3-4,7-19H2,(H,36,37)/t20?,24-,26+/m1/s1. The number of likely N-dealkylation sites (tertiary alicyclic amines) is 1. The zero-order chi connectivity index (χ0) is 26.6. The second-order valence-corrected chi connectivity index (χ2v) is 11.4. The van der Waals surface area contributed by atoms with Gasteiger partial charge in [-0.1, -0.05) is 24.3 Å². The van der Waals surface area contributed by atoms with E-state index in [0.29, 0.717) is 50.9 Å². The number of aryl methyl sites for hydroxylation is 1. The number of aliphatic carboxylic acids is 1. The number of β-lactam (4-membered cyclic amide) rings is 1. The Balaban J connectivity index is 1.05. The van der Waals surface area contributed by atoms with E-state index in [4.69, 9.17) is 0 Å². The molecular formula is C29H40N4O5. The average Bonchev–Trinajstić information content (AvgIpc) is 2.94. The number of nitrogens with zero attached hydrogens (tertiary/aromatic N) is 3. The fraction of sp³-hybridized carbons (Fsp3) is 0.655. The van der Waals surface area contributed by atoms with E-state index in [1.165, 1.54) is 22.4 Å². The highest BCUT2D eigenvalue weighted by Gasteiger charge is 2.56. The first-order chi connectivity index (χ1) is 18.4. The van der Waals surface area contributed by atoms with Gasteiger partial charge in [0.25, 0.3) is 0 Å². The van der Waals surface area contributed by atoms with Gasteiger partial charge in [-0.15, -0.1) is 0 Å². The van der Waals surface area contributed by atoms with Gasteiger partial charge in [0.2, 0.25) is 11.8 Å². The van der Waals surface area contributed by atoms with Crippen LogP contribution in [0.2, 0.25) is 0 Å². The van der Waals surface area contributed by atoms with Crippen molar-refractivity contribution in [2.24, 2.45) is 17.8 Å². The van der Waals surface area contributed by atoms with E-state index in [-0.39, 0.29) is 11.8 Å². The summed E-state index contributed by atoms with van der Waals surface area (Å²) in [5.41, 5.74) is 2.90. The summed E-state index contributed by atoms with van der Waals surface area (Å²) in [6.45, 7) is 3.23. The van der Waals surface area contributed by atoms with Crippen LogP contribution < -0.4 is 5.32 Å². The summed E-state index contributed by atoms with van der Waals surface area (Å²) >= 11 is 0. The number of hydrogen-bond acceptors (Lipinski definition) is 5. The highest BCUT2D eigenvalue weighted by molar-refractivity contribution is 6.07. The van der Waals surface area contributed by atoms with Crippen molar-refractivity contribution in [3.8, 4) is 0 Å². The maximum absolute atomic E-state index is 13.1. The van der Waals surface area contributed by atoms with Crippen LogP contribution in [0.15, 0.2) is 24.3 Å². The molecule has 0 aromatic heterocycles. The highest BCUT2D eigenvalue weighted by atomic mass is 16.4. The molecule has 1 aromatic rings. The SMILES string of the molecule is O=C(O)[C@@H]1[C@@H](CC2CCNCC2)C(=O)N1C(=O)N1CCN(C(=O)CCCC2CCc3ccccc3C2)CC1. The number of hydrogen-bond donors (Lipinski definition) is 2. The summed E-state index contributed by atoms with van der Waals surface area (Å²) in [6, 6.07) is 7.01. The first kappa shape index (κ1) is 26.7. The van der Waals surface area contributed by atoms with Gasteiger partial charge in [0.1, 0.15) is 0 Å². The number of urea groups is 1. The Morgan fingerprint density at radius 2 is 1.61 bits per heavy atom. The largest absolute Gasteiger partial charge is 0.480 e. The molecule has 1 aliphatic carbocycles. The first-order valence-electron chi connectivity index (χ1n) is 14.3. The van der Waals surface area contributed by atoms with E-state index in [9.17, 15) is 24.3 Å². The van der Waals surface area contributed by atoms with E-state index in [1.807, 2.05) is 0 Å². The second kappa shape index (κ2) is 11.8. The van der Waals surface area contributed by atoms with E-state index in [0.717, 1.165) is 56.5 Å². The third kappa shape index (κ3) is 5.72. The number of benzene rings is 1. The molecular weight excluding hydrogens is 484 g/mol. The fourth-order valence-electron chi connectivity index (χ4n) is 6.77. The summed E-state index contributed by atoms with van der Waals surface area (Å²) in [4.78, 5) is 55.0. The van der Waals surface area contributed by atoms with Crippen LogP contribution in [0, 0.1) is 17.8 Å². The van der Waals surface area contributed by atoms with Crippen molar-refractivity contribution in [1.82, 2.24) is 20.0 Å². The second-order valence-electron chi connectivity index (χ2n) is 11.4. The number of carbonyl (C=O) groups is 4. The van der Waals surface area contributed by atoms with Crippen LogP contribution in [0.4, 0.5) is 4.79 Å². The molecule has 3 heterocycles. The molecule has 2 N–H and O–H groups in total. The number of imide groups is 1. The number of piperazine rings is 1. The van der Waals surface area contributed by atoms with Crippen molar-refractivity contribution in [2.75, 3.05) is 39.3 Å². The maximum Gasteiger partial charge on any atom is 0.327 e. The molecule has 9 nitrogen and oxygen atoms in total. The van der Waals surface area contributed by atoms with Gasteiger partial charge in [0.15, 0.2) is 6.04 Å². The predicted molar refractivity (Wildman–Crippen MR) is 141 cm³/mol. The lowest BCUT2D eigenvalue weighted by atomic mass is 9.78. The number of piperidine rings is 1. The topological polar surface area (TPSA) is 110 Å². The highest BCUT2D eigenvalue weighted by Crippen LogP contribution is 2.36. The number of carboxylic acid groups (broad SMARTS) is 1. The smallest absolute Gasteiger partial charge is 0.327 e. The lowest BCUT2D eigenvalue weighted by molar-refractivity contribution is -0.167. The molecule has 1 aromatic carbocycles. The van der Waals surface area contributed by atoms with Crippen LogP contribution in [0.3, 0.4) is 0 Å². The minimum Gasteiger partial charge on any atom is -0.480 e. The van der Waals surface area contributed by atoms with Gasteiger partial charge in [-0.2, -0.15) is 0 Å². The zero-order valence-electron chi connectivity index (χ0n) is 22.1. The van der Waals surface area contributed by atoms with Crippen molar-refractivity contribution in [1.29, 1.82) is 0 Å². The van der Waals surface area contributed by atoms with Gasteiger partial charge < -0.3 is 20.2 Å². The van der Waals surface area contributed by atoms with E-state index >= 15 is 0 Å². The Bertz CT molecular complexity index is 1050. The number of rotatable bonds is 7. The quantitative estimate of drug-likeness (QED) is 0.531. The van der Waals surface area contributed by atoms with Gasteiger partial charge in [-0.25, -0.2) is 14.5 Å². The van der Waals surface area contributed by atoms with Gasteiger partial charge >= 0.3 is 12.0 Å². The van der Waals surface area contributed by atoms with Crippen LogP contribution in [0.25, 0.3) is 0 Å². The normalized spacial score (nSPS) is 26.1. The molecule has 9 heteroatoms. The Kier molecular flexibility index (Phi) is 8.31. The molecule has 1 unspecified atom stereocenters. The van der Waals surface area contributed by atoms with E-state index in [2.05, 4.69) is 29.6 Å².